The fourth-order valence-electron chi connectivity index (χ4n) is 4.29. The van der Waals surface area contributed by atoms with Crippen molar-refractivity contribution in [2.45, 2.75) is 59.1 Å². The van der Waals surface area contributed by atoms with Crippen LogP contribution >= 0.6 is 0 Å². The lowest BCUT2D eigenvalue weighted by atomic mass is 9.98. The molecule has 2 aromatic rings. The molecule has 0 fully saturated rings. The summed E-state index contributed by atoms with van der Waals surface area (Å²) in [6.45, 7) is 11.4. The maximum Gasteiger partial charge on any atom is 0.410 e. The first-order valence-electron chi connectivity index (χ1n) is 12.6. The van der Waals surface area contributed by atoms with Crippen LogP contribution < -0.4 is 20.1 Å². The first kappa shape index (κ1) is 27.2. The minimum absolute atomic E-state index is 0.125. The van der Waals surface area contributed by atoms with Gasteiger partial charge in [0, 0.05) is 19.6 Å². The second-order valence-electron chi connectivity index (χ2n) is 9.89. The highest BCUT2D eigenvalue weighted by molar-refractivity contribution is 6.00. The molecule has 1 heterocycles. The first-order valence-corrected chi connectivity index (χ1v) is 12.6. The molecule has 8 heteroatoms. The van der Waals surface area contributed by atoms with Crippen LogP contribution in [0, 0.1) is 0 Å². The molecule has 196 valence electrons. The molecule has 2 aromatic carbocycles. The minimum Gasteiger partial charge on any atom is -0.490 e. The van der Waals surface area contributed by atoms with Crippen LogP contribution in [-0.2, 0) is 17.6 Å². The molecule has 2 amide bonds. The van der Waals surface area contributed by atoms with Gasteiger partial charge < -0.3 is 29.7 Å². The Labute approximate surface area is 214 Å². The Balaban J connectivity index is 1.77. The second-order valence-corrected chi connectivity index (χ2v) is 9.89. The third-order valence-corrected chi connectivity index (χ3v) is 5.88. The lowest BCUT2D eigenvalue weighted by Gasteiger charge is -2.32. The summed E-state index contributed by atoms with van der Waals surface area (Å²) in [6, 6.07) is 11.3. The molecule has 0 bridgehead atoms. The Morgan fingerprint density at radius 1 is 1.14 bits per heavy atom. The largest absolute Gasteiger partial charge is 0.490 e. The van der Waals surface area contributed by atoms with E-state index in [9.17, 15) is 9.59 Å². The highest BCUT2D eigenvalue weighted by Gasteiger charge is 2.27. The summed E-state index contributed by atoms with van der Waals surface area (Å²) < 4.78 is 17.3. The Morgan fingerprint density at radius 3 is 2.47 bits per heavy atom. The van der Waals surface area contributed by atoms with Crippen LogP contribution in [0.1, 0.15) is 56.1 Å². The topological polar surface area (TPSA) is 89.1 Å². The Kier molecular flexibility index (Phi) is 9.07. The van der Waals surface area contributed by atoms with Crippen molar-refractivity contribution in [1.82, 2.24) is 10.2 Å². The Morgan fingerprint density at radius 2 is 1.83 bits per heavy atom. The number of para-hydroxylation sites is 2. The van der Waals surface area contributed by atoms with Gasteiger partial charge in [0.2, 0.25) is 0 Å². The van der Waals surface area contributed by atoms with Crippen LogP contribution in [0.4, 0.5) is 10.5 Å². The van der Waals surface area contributed by atoms with Gasteiger partial charge in [0.25, 0.3) is 5.91 Å². The van der Waals surface area contributed by atoms with Crippen LogP contribution in [0.5, 0.6) is 11.5 Å². The second kappa shape index (κ2) is 12.0. The van der Waals surface area contributed by atoms with Crippen molar-refractivity contribution < 1.29 is 23.8 Å². The molecule has 0 spiro atoms. The fraction of sp³-hybridized carbons (Fsp3) is 0.500. The highest BCUT2D eigenvalue weighted by Crippen LogP contribution is 2.30. The smallest absolute Gasteiger partial charge is 0.410 e. The van der Waals surface area contributed by atoms with E-state index in [1.807, 2.05) is 65.0 Å². The van der Waals surface area contributed by atoms with Crippen LogP contribution in [0.25, 0.3) is 0 Å². The summed E-state index contributed by atoms with van der Waals surface area (Å²) in [5.41, 5.74) is 3.03. The fourth-order valence-corrected chi connectivity index (χ4v) is 4.29. The molecule has 0 radical (unpaired) electrons. The van der Waals surface area contributed by atoms with Crippen molar-refractivity contribution in [3.05, 3.63) is 53.1 Å². The maximum absolute atomic E-state index is 13.2. The monoisotopic (exact) mass is 497 g/mol. The molecule has 0 saturated heterocycles. The molecule has 2 N–H and O–H groups in total. The van der Waals surface area contributed by atoms with Gasteiger partial charge in [-0.1, -0.05) is 18.2 Å². The number of rotatable bonds is 10. The normalized spacial score (nSPS) is 13.3. The number of anilines is 1. The van der Waals surface area contributed by atoms with Crippen LogP contribution in [0.3, 0.4) is 0 Å². The van der Waals surface area contributed by atoms with Gasteiger partial charge in [0.1, 0.15) is 12.2 Å². The maximum atomic E-state index is 13.2. The van der Waals surface area contributed by atoms with Crippen LogP contribution in [-0.4, -0.2) is 61.9 Å². The van der Waals surface area contributed by atoms with Gasteiger partial charge in [0.15, 0.2) is 11.5 Å². The van der Waals surface area contributed by atoms with Crippen molar-refractivity contribution >= 4 is 17.7 Å². The lowest BCUT2D eigenvalue weighted by Crippen LogP contribution is -2.45. The van der Waals surface area contributed by atoms with E-state index in [2.05, 4.69) is 16.7 Å². The number of hydrogen-bond donors (Lipinski definition) is 2. The molecule has 1 atom stereocenters. The van der Waals surface area contributed by atoms with Gasteiger partial charge >= 0.3 is 6.09 Å². The van der Waals surface area contributed by atoms with Gasteiger partial charge in [-0.25, -0.2) is 4.79 Å². The van der Waals surface area contributed by atoms with Crippen molar-refractivity contribution in [2.75, 3.05) is 38.7 Å². The molecule has 1 aliphatic rings. The van der Waals surface area contributed by atoms with E-state index in [1.54, 1.807) is 11.9 Å². The first-order chi connectivity index (χ1) is 17.1. The SMILES string of the molecule is CCOc1ccccc1OCCN(C(=O)OC(C)(C)C)C(C)Cc1cc2c(c(C(=O)NC)c1)NCC2. The number of hydrogen-bond acceptors (Lipinski definition) is 6. The number of amides is 2. The molecule has 36 heavy (non-hydrogen) atoms. The zero-order chi connectivity index (χ0) is 26.3. The molecule has 1 unspecified atom stereocenters. The van der Waals surface area contributed by atoms with Crippen molar-refractivity contribution in [1.29, 1.82) is 0 Å². The highest BCUT2D eigenvalue weighted by atomic mass is 16.6. The Hall–Kier alpha value is -3.42. The number of ether oxygens (including phenoxy) is 3. The van der Waals surface area contributed by atoms with E-state index in [4.69, 9.17) is 14.2 Å². The third-order valence-electron chi connectivity index (χ3n) is 5.88. The summed E-state index contributed by atoms with van der Waals surface area (Å²) in [7, 11) is 1.63. The van der Waals surface area contributed by atoms with Gasteiger partial charge in [-0.15, -0.1) is 0 Å². The molecule has 0 aromatic heterocycles. The molecule has 1 aliphatic heterocycles. The molecule has 0 saturated carbocycles. The van der Waals surface area contributed by atoms with Crippen LogP contribution in [0.2, 0.25) is 0 Å². The summed E-state index contributed by atoms with van der Waals surface area (Å²) in [4.78, 5) is 27.4. The average molecular weight is 498 g/mol. The van der Waals surface area contributed by atoms with E-state index in [-0.39, 0.29) is 18.6 Å². The molecular formula is C28H39N3O5. The summed E-state index contributed by atoms with van der Waals surface area (Å²) in [6.07, 6.45) is 1.04. The minimum atomic E-state index is -0.622. The lowest BCUT2D eigenvalue weighted by molar-refractivity contribution is 0.0148. The zero-order valence-electron chi connectivity index (χ0n) is 22.3. The van der Waals surface area contributed by atoms with E-state index < -0.39 is 11.7 Å². The van der Waals surface area contributed by atoms with Gasteiger partial charge in [0.05, 0.1) is 24.4 Å². The number of nitrogens with one attached hydrogen (secondary N) is 2. The van der Waals surface area contributed by atoms with E-state index >= 15 is 0 Å². The van der Waals surface area contributed by atoms with E-state index in [0.29, 0.717) is 36.6 Å². The number of fused-ring (bicyclic) bond motifs is 1. The predicted molar refractivity (Wildman–Crippen MR) is 141 cm³/mol. The van der Waals surface area contributed by atoms with E-state index in [0.717, 1.165) is 29.8 Å². The van der Waals surface area contributed by atoms with Gasteiger partial charge in [-0.3, -0.25) is 4.79 Å². The van der Waals surface area contributed by atoms with Crippen LogP contribution in [0.15, 0.2) is 36.4 Å². The summed E-state index contributed by atoms with van der Waals surface area (Å²) in [5.74, 6) is 1.18. The predicted octanol–water partition coefficient (Wildman–Crippen LogP) is 4.66. The number of nitrogens with zero attached hydrogens (tertiary/aromatic N) is 1. The third kappa shape index (κ3) is 7.06. The molecule has 8 nitrogen and oxygen atoms in total. The summed E-state index contributed by atoms with van der Waals surface area (Å²) >= 11 is 0. The van der Waals surface area contributed by atoms with Crippen molar-refractivity contribution in [3.63, 3.8) is 0 Å². The molecule has 0 aliphatic carbocycles. The van der Waals surface area contributed by atoms with Crippen molar-refractivity contribution in [2.24, 2.45) is 0 Å². The number of carbonyl (C=O) groups excluding carboxylic acids is 2. The average Bonchev–Trinajstić information content (AvgIpc) is 3.29. The molecule has 3 rings (SSSR count). The molecular weight excluding hydrogens is 458 g/mol. The van der Waals surface area contributed by atoms with E-state index in [1.165, 1.54) is 0 Å². The number of carbonyl (C=O) groups is 2. The number of benzene rings is 2. The van der Waals surface area contributed by atoms with Crippen molar-refractivity contribution in [3.8, 4) is 11.5 Å². The Bertz CT molecular complexity index is 1060. The zero-order valence-corrected chi connectivity index (χ0v) is 22.3. The quantitative estimate of drug-likeness (QED) is 0.496. The standard InChI is InChI=1S/C28H39N3O5/c1-7-34-23-10-8-9-11-24(23)35-15-14-31(27(33)36-28(3,4)5)19(2)16-20-17-21-12-13-30-25(21)22(18-20)26(32)29-6/h8-11,17-19,30H,7,12-16H2,1-6H3,(H,29,32). The van der Waals surface area contributed by atoms with Gasteiger partial charge in [-0.2, -0.15) is 0 Å². The summed E-state index contributed by atoms with van der Waals surface area (Å²) in [5, 5.41) is 6.04. The van der Waals surface area contributed by atoms with Gasteiger partial charge in [-0.05, 0) is 76.8 Å².